The van der Waals surface area contributed by atoms with Crippen molar-refractivity contribution in [1.82, 2.24) is 14.6 Å². The van der Waals surface area contributed by atoms with Crippen LogP contribution in [0.5, 0.6) is 0 Å². The zero-order valence-electron chi connectivity index (χ0n) is 11.6. The van der Waals surface area contributed by atoms with Gasteiger partial charge >= 0.3 is 0 Å². The van der Waals surface area contributed by atoms with Gasteiger partial charge in [-0.1, -0.05) is 35.3 Å². The number of nitrogens with zero attached hydrogens (tertiary/aromatic N) is 3. The lowest BCUT2D eigenvalue weighted by molar-refractivity contribution is 0.853. The molecule has 4 nitrogen and oxygen atoms in total. The molecule has 0 radical (unpaired) electrons. The predicted molar refractivity (Wildman–Crippen MR) is 86.2 cm³/mol. The molecule has 0 amide bonds. The van der Waals surface area contributed by atoms with Crippen molar-refractivity contribution >= 4 is 34.8 Å². The number of rotatable bonds is 3. The van der Waals surface area contributed by atoms with Crippen LogP contribution in [0.15, 0.2) is 36.5 Å². The molecule has 0 aliphatic heterocycles. The van der Waals surface area contributed by atoms with Crippen molar-refractivity contribution in [3.8, 4) is 0 Å². The van der Waals surface area contributed by atoms with Crippen molar-refractivity contribution in [2.75, 3.05) is 5.32 Å². The highest BCUT2D eigenvalue weighted by molar-refractivity contribution is 6.35. The van der Waals surface area contributed by atoms with Crippen molar-refractivity contribution < 1.29 is 0 Å². The van der Waals surface area contributed by atoms with E-state index >= 15 is 0 Å². The monoisotopic (exact) mass is 320 g/mol. The summed E-state index contributed by atoms with van der Waals surface area (Å²) in [5, 5.41) is 8.93. The summed E-state index contributed by atoms with van der Waals surface area (Å²) in [5.74, 6) is 0.572. The molecule has 0 aliphatic rings. The second-order valence-electron chi connectivity index (χ2n) is 4.93. The quantitative estimate of drug-likeness (QED) is 0.771. The Labute approximate surface area is 132 Å². The summed E-state index contributed by atoms with van der Waals surface area (Å²) in [6.45, 7) is 4.01. The van der Waals surface area contributed by atoms with Gasteiger partial charge in [-0.3, -0.25) is 0 Å². The van der Waals surface area contributed by atoms with Crippen LogP contribution < -0.4 is 5.32 Å². The van der Waals surface area contributed by atoms with Crippen molar-refractivity contribution in [3.05, 3.63) is 57.7 Å². The summed E-state index contributed by atoms with van der Waals surface area (Å²) < 4.78 is 1.76. The molecular formula is C15H14Cl2N4. The first-order chi connectivity index (χ1) is 10.0. The first-order valence-electron chi connectivity index (χ1n) is 6.58. The smallest absolute Gasteiger partial charge is 0.243 e. The Morgan fingerprint density at radius 2 is 2.05 bits per heavy atom. The summed E-state index contributed by atoms with van der Waals surface area (Å²) >= 11 is 12.1. The number of pyridine rings is 1. The molecule has 3 aromatic rings. The SMILES string of the molecule is Cc1cccn2nc(NC(C)c3ccc(Cl)cc3Cl)nc12. The van der Waals surface area contributed by atoms with E-state index in [0.717, 1.165) is 16.8 Å². The molecule has 2 aromatic heterocycles. The highest BCUT2D eigenvalue weighted by atomic mass is 35.5. The maximum absolute atomic E-state index is 6.22. The molecule has 1 atom stereocenters. The molecule has 0 saturated carbocycles. The third kappa shape index (κ3) is 2.82. The molecule has 6 heteroatoms. The second-order valence-corrected chi connectivity index (χ2v) is 5.77. The van der Waals surface area contributed by atoms with E-state index in [0.29, 0.717) is 16.0 Å². The Morgan fingerprint density at radius 1 is 1.24 bits per heavy atom. The van der Waals surface area contributed by atoms with Gasteiger partial charge in [0.25, 0.3) is 0 Å². The van der Waals surface area contributed by atoms with Crippen LogP contribution in [0, 0.1) is 6.92 Å². The summed E-state index contributed by atoms with van der Waals surface area (Å²) in [7, 11) is 0. The van der Waals surface area contributed by atoms with E-state index in [4.69, 9.17) is 23.2 Å². The van der Waals surface area contributed by atoms with Gasteiger partial charge in [-0.2, -0.15) is 4.98 Å². The third-order valence-electron chi connectivity index (χ3n) is 3.33. The number of hydrogen-bond acceptors (Lipinski definition) is 3. The van der Waals surface area contributed by atoms with Gasteiger partial charge in [0, 0.05) is 16.2 Å². The number of aryl methyl sites for hydroxylation is 1. The Bertz CT molecular complexity index is 797. The zero-order valence-corrected chi connectivity index (χ0v) is 13.2. The predicted octanol–water partition coefficient (Wildman–Crippen LogP) is 4.52. The molecule has 0 spiro atoms. The molecule has 0 saturated heterocycles. The molecule has 0 fully saturated rings. The second kappa shape index (κ2) is 5.54. The number of fused-ring (bicyclic) bond motifs is 1. The van der Waals surface area contributed by atoms with Crippen LogP contribution >= 0.6 is 23.2 Å². The van der Waals surface area contributed by atoms with Crippen molar-refractivity contribution in [1.29, 1.82) is 0 Å². The number of benzene rings is 1. The summed E-state index contributed by atoms with van der Waals surface area (Å²) in [6, 6.07) is 9.39. The van der Waals surface area contributed by atoms with Gasteiger partial charge in [-0.05, 0) is 43.2 Å². The topological polar surface area (TPSA) is 42.2 Å². The normalized spacial score (nSPS) is 12.6. The number of anilines is 1. The number of nitrogens with one attached hydrogen (secondary N) is 1. The lowest BCUT2D eigenvalue weighted by Crippen LogP contribution is -2.08. The molecule has 0 bridgehead atoms. The number of hydrogen-bond donors (Lipinski definition) is 1. The van der Waals surface area contributed by atoms with Crippen molar-refractivity contribution in [3.63, 3.8) is 0 Å². The van der Waals surface area contributed by atoms with Gasteiger partial charge in [0.1, 0.15) is 0 Å². The molecule has 1 aromatic carbocycles. The third-order valence-corrected chi connectivity index (χ3v) is 3.89. The maximum Gasteiger partial charge on any atom is 0.243 e. The van der Waals surface area contributed by atoms with E-state index in [1.165, 1.54) is 0 Å². The van der Waals surface area contributed by atoms with Crippen LogP contribution in [0.25, 0.3) is 5.65 Å². The van der Waals surface area contributed by atoms with E-state index in [9.17, 15) is 0 Å². The highest BCUT2D eigenvalue weighted by Gasteiger charge is 2.13. The van der Waals surface area contributed by atoms with Gasteiger partial charge in [-0.15, -0.1) is 5.10 Å². The minimum atomic E-state index is -0.0208. The molecule has 0 aliphatic carbocycles. The number of aromatic nitrogens is 3. The molecule has 1 N–H and O–H groups in total. The van der Waals surface area contributed by atoms with Crippen LogP contribution in [0.4, 0.5) is 5.95 Å². The Balaban J connectivity index is 1.89. The lowest BCUT2D eigenvalue weighted by atomic mass is 10.1. The van der Waals surface area contributed by atoms with Gasteiger partial charge in [0.05, 0.1) is 6.04 Å². The fraction of sp³-hybridized carbons (Fsp3) is 0.200. The van der Waals surface area contributed by atoms with E-state index < -0.39 is 0 Å². The van der Waals surface area contributed by atoms with E-state index in [1.807, 2.05) is 44.3 Å². The fourth-order valence-corrected chi connectivity index (χ4v) is 2.80. The lowest BCUT2D eigenvalue weighted by Gasteiger charge is -2.14. The fourth-order valence-electron chi connectivity index (χ4n) is 2.22. The van der Waals surface area contributed by atoms with Crippen LogP contribution in [0.2, 0.25) is 10.0 Å². The van der Waals surface area contributed by atoms with Crippen LogP contribution in [-0.2, 0) is 0 Å². The molecule has 21 heavy (non-hydrogen) atoms. The Kier molecular flexibility index (Phi) is 3.74. The molecule has 108 valence electrons. The van der Waals surface area contributed by atoms with Crippen LogP contribution in [0.1, 0.15) is 24.1 Å². The largest absolute Gasteiger partial charge is 0.346 e. The number of halogens is 2. The summed E-state index contributed by atoms with van der Waals surface area (Å²) in [5.41, 5.74) is 2.88. The van der Waals surface area contributed by atoms with Crippen molar-refractivity contribution in [2.24, 2.45) is 0 Å². The minimum absolute atomic E-state index is 0.0208. The minimum Gasteiger partial charge on any atom is -0.346 e. The van der Waals surface area contributed by atoms with Crippen molar-refractivity contribution in [2.45, 2.75) is 19.9 Å². The average molecular weight is 321 g/mol. The molecule has 1 unspecified atom stereocenters. The van der Waals surface area contributed by atoms with E-state index in [2.05, 4.69) is 15.4 Å². The van der Waals surface area contributed by atoms with E-state index in [1.54, 1.807) is 10.6 Å². The van der Waals surface area contributed by atoms with Gasteiger partial charge in [0.15, 0.2) is 5.65 Å². The Morgan fingerprint density at radius 3 is 2.76 bits per heavy atom. The standard InChI is InChI=1S/C15H14Cl2N4/c1-9-4-3-7-21-14(9)19-15(20-21)18-10(2)12-6-5-11(16)8-13(12)17/h3-8,10H,1-2H3,(H,18,20). The first kappa shape index (κ1) is 14.2. The van der Waals surface area contributed by atoms with Gasteiger partial charge in [-0.25, -0.2) is 4.52 Å². The molecular weight excluding hydrogens is 307 g/mol. The van der Waals surface area contributed by atoms with Gasteiger partial charge < -0.3 is 5.32 Å². The first-order valence-corrected chi connectivity index (χ1v) is 7.33. The highest BCUT2D eigenvalue weighted by Crippen LogP contribution is 2.27. The molecule has 2 heterocycles. The van der Waals surface area contributed by atoms with Gasteiger partial charge in [0.2, 0.25) is 5.95 Å². The van der Waals surface area contributed by atoms with E-state index in [-0.39, 0.29) is 6.04 Å². The average Bonchev–Trinajstić information content (AvgIpc) is 2.82. The maximum atomic E-state index is 6.22. The Hall–Kier alpha value is -1.78. The summed E-state index contributed by atoms with van der Waals surface area (Å²) in [4.78, 5) is 4.50. The van der Waals surface area contributed by atoms with Crippen LogP contribution in [0.3, 0.4) is 0 Å². The van der Waals surface area contributed by atoms with Crippen LogP contribution in [-0.4, -0.2) is 14.6 Å². The summed E-state index contributed by atoms with van der Waals surface area (Å²) in [6.07, 6.45) is 1.88. The zero-order chi connectivity index (χ0) is 15.0. The molecule has 3 rings (SSSR count).